The first-order valence-electron chi connectivity index (χ1n) is 7.71. The van der Waals surface area contributed by atoms with Crippen molar-refractivity contribution in [1.29, 1.82) is 0 Å². The summed E-state index contributed by atoms with van der Waals surface area (Å²) in [6, 6.07) is 7.36. The van der Waals surface area contributed by atoms with Crippen LogP contribution < -0.4 is 5.32 Å². The van der Waals surface area contributed by atoms with Gasteiger partial charge in [0, 0.05) is 29.7 Å². The zero-order valence-electron chi connectivity index (χ0n) is 12.4. The first kappa shape index (κ1) is 15.7. The van der Waals surface area contributed by atoms with Crippen molar-refractivity contribution in [1.82, 2.24) is 10.2 Å². The monoisotopic (exact) mass is 324 g/mol. The van der Waals surface area contributed by atoms with Crippen LogP contribution in [0.4, 0.5) is 0 Å². The van der Waals surface area contributed by atoms with E-state index in [9.17, 15) is 9.90 Å². The summed E-state index contributed by atoms with van der Waals surface area (Å²) in [5.74, 6) is -0.444. The van der Waals surface area contributed by atoms with Gasteiger partial charge in [0.1, 0.15) is 0 Å². The normalized spacial score (nSPS) is 26.5. The summed E-state index contributed by atoms with van der Waals surface area (Å²) >= 11 is 6.00. The molecule has 2 fully saturated rings. The quantitative estimate of drug-likeness (QED) is 0.878. The number of rotatable bonds is 4. The standard InChI is InChI=1S/C16H21ClN2O3/c17-14-6-2-1-5-13(14)15(20)16(21)18-8-12-9-19-7-3-4-11(19)10-22-12/h1-2,5-6,11-12,15,20H,3-4,7-10H2,(H,18,21)/t11-,12-,15-/m1/s1. The summed E-state index contributed by atoms with van der Waals surface area (Å²) in [5, 5.41) is 13.2. The number of amides is 1. The number of halogens is 1. The number of carbonyl (C=O) groups excluding carboxylic acids is 1. The number of aliphatic hydroxyl groups excluding tert-OH is 1. The minimum absolute atomic E-state index is 0.0169. The lowest BCUT2D eigenvalue weighted by Gasteiger charge is -2.35. The Kier molecular flexibility index (Phi) is 4.98. The minimum atomic E-state index is -1.25. The molecule has 1 aromatic rings. The van der Waals surface area contributed by atoms with Crippen LogP contribution >= 0.6 is 11.6 Å². The van der Waals surface area contributed by atoms with E-state index in [1.165, 1.54) is 12.8 Å². The van der Waals surface area contributed by atoms with Gasteiger partial charge in [-0.1, -0.05) is 29.8 Å². The van der Waals surface area contributed by atoms with Crippen molar-refractivity contribution in [3.63, 3.8) is 0 Å². The maximum atomic E-state index is 12.1. The molecule has 2 saturated heterocycles. The third kappa shape index (κ3) is 3.43. The summed E-state index contributed by atoms with van der Waals surface area (Å²) in [5.41, 5.74) is 0.422. The fraction of sp³-hybridized carbons (Fsp3) is 0.562. The fourth-order valence-electron chi connectivity index (χ4n) is 3.16. The number of hydrogen-bond acceptors (Lipinski definition) is 4. The smallest absolute Gasteiger partial charge is 0.253 e. The molecule has 1 aromatic carbocycles. The Labute approximate surface area is 135 Å². The van der Waals surface area contributed by atoms with Crippen LogP contribution in [0.5, 0.6) is 0 Å². The molecule has 3 rings (SSSR count). The number of ether oxygens (including phenoxy) is 1. The highest BCUT2D eigenvalue weighted by Gasteiger charge is 2.32. The van der Waals surface area contributed by atoms with Crippen LogP contribution in [-0.2, 0) is 9.53 Å². The lowest BCUT2D eigenvalue weighted by Crippen LogP contribution is -2.50. The SMILES string of the molecule is O=C(NC[C@@H]1CN2CCC[C@@H]2CO1)[C@H](O)c1ccccc1Cl. The van der Waals surface area contributed by atoms with E-state index in [0.29, 0.717) is 23.2 Å². The largest absolute Gasteiger partial charge is 0.378 e. The molecule has 22 heavy (non-hydrogen) atoms. The van der Waals surface area contributed by atoms with E-state index in [0.717, 1.165) is 19.7 Å². The number of benzene rings is 1. The Morgan fingerprint density at radius 3 is 3.14 bits per heavy atom. The molecular weight excluding hydrogens is 304 g/mol. The second-order valence-corrected chi connectivity index (χ2v) is 6.32. The van der Waals surface area contributed by atoms with Crippen molar-refractivity contribution in [2.45, 2.75) is 31.1 Å². The molecule has 0 radical (unpaired) electrons. The van der Waals surface area contributed by atoms with Crippen LogP contribution in [0.1, 0.15) is 24.5 Å². The minimum Gasteiger partial charge on any atom is -0.378 e. The number of nitrogens with zero attached hydrogens (tertiary/aromatic N) is 1. The summed E-state index contributed by atoms with van der Waals surface area (Å²) in [6.07, 6.45) is 1.15. The van der Waals surface area contributed by atoms with Gasteiger partial charge in [-0.2, -0.15) is 0 Å². The van der Waals surface area contributed by atoms with Gasteiger partial charge in [0.25, 0.3) is 5.91 Å². The number of fused-ring (bicyclic) bond motifs is 1. The topological polar surface area (TPSA) is 61.8 Å². The van der Waals surface area contributed by atoms with Gasteiger partial charge in [0.05, 0.1) is 12.7 Å². The van der Waals surface area contributed by atoms with Crippen LogP contribution in [0.15, 0.2) is 24.3 Å². The van der Waals surface area contributed by atoms with Gasteiger partial charge in [-0.05, 0) is 25.5 Å². The van der Waals surface area contributed by atoms with Crippen molar-refractivity contribution in [2.24, 2.45) is 0 Å². The third-order valence-electron chi connectivity index (χ3n) is 4.41. The van der Waals surface area contributed by atoms with E-state index in [1.807, 2.05) is 0 Å². The van der Waals surface area contributed by atoms with E-state index >= 15 is 0 Å². The second kappa shape index (κ2) is 6.96. The average Bonchev–Trinajstić information content (AvgIpc) is 3.00. The maximum Gasteiger partial charge on any atom is 0.253 e. The number of aliphatic hydroxyl groups is 1. The highest BCUT2D eigenvalue weighted by molar-refractivity contribution is 6.31. The Morgan fingerprint density at radius 2 is 2.32 bits per heavy atom. The molecule has 2 heterocycles. The van der Waals surface area contributed by atoms with Crippen LogP contribution in [0, 0.1) is 0 Å². The third-order valence-corrected chi connectivity index (χ3v) is 4.76. The molecule has 0 aromatic heterocycles. The fourth-order valence-corrected chi connectivity index (χ4v) is 3.40. The number of hydrogen-bond donors (Lipinski definition) is 2. The van der Waals surface area contributed by atoms with Crippen molar-refractivity contribution in [3.8, 4) is 0 Å². The highest BCUT2D eigenvalue weighted by Crippen LogP contribution is 2.24. The lowest BCUT2D eigenvalue weighted by atomic mass is 10.1. The molecule has 5 nitrogen and oxygen atoms in total. The Bertz CT molecular complexity index is 540. The molecule has 120 valence electrons. The van der Waals surface area contributed by atoms with Crippen molar-refractivity contribution < 1.29 is 14.6 Å². The van der Waals surface area contributed by atoms with Gasteiger partial charge in [0.2, 0.25) is 0 Å². The van der Waals surface area contributed by atoms with Gasteiger partial charge < -0.3 is 15.2 Å². The zero-order chi connectivity index (χ0) is 15.5. The molecule has 0 bridgehead atoms. The van der Waals surface area contributed by atoms with Crippen molar-refractivity contribution >= 4 is 17.5 Å². The molecule has 3 atom stereocenters. The molecule has 0 saturated carbocycles. The van der Waals surface area contributed by atoms with E-state index < -0.39 is 12.0 Å². The first-order valence-corrected chi connectivity index (χ1v) is 8.09. The number of nitrogens with one attached hydrogen (secondary N) is 1. The van der Waals surface area contributed by atoms with E-state index in [1.54, 1.807) is 24.3 Å². The molecular formula is C16H21ClN2O3. The summed E-state index contributed by atoms with van der Waals surface area (Å²) in [4.78, 5) is 14.5. The first-order chi connectivity index (χ1) is 10.6. The van der Waals surface area contributed by atoms with Gasteiger partial charge in [-0.3, -0.25) is 9.69 Å². The van der Waals surface area contributed by atoms with Crippen molar-refractivity contribution in [2.75, 3.05) is 26.2 Å². The van der Waals surface area contributed by atoms with Crippen LogP contribution in [-0.4, -0.2) is 54.3 Å². The van der Waals surface area contributed by atoms with E-state index in [2.05, 4.69) is 10.2 Å². The van der Waals surface area contributed by atoms with Gasteiger partial charge in [-0.25, -0.2) is 0 Å². The van der Waals surface area contributed by atoms with Gasteiger partial charge >= 0.3 is 0 Å². The number of morpholine rings is 1. The van der Waals surface area contributed by atoms with Crippen molar-refractivity contribution in [3.05, 3.63) is 34.9 Å². The Hall–Kier alpha value is -1.14. The molecule has 0 spiro atoms. The summed E-state index contributed by atoms with van der Waals surface area (Å²) in [6.45, 7) is 3.09. The van der Waals surface area contributed by atoms with Crippen LogP contribution in [0.2, 0.25) is 5.02 Å². The Morgan fingerprint density at radius 1 is 1.50 bits per heavy atom. The second-order valence-electron chi connectivity index (χ2n) is 5.92. The summed E-state index contributed by atoms with van der Waals surface area (Å²) < 4.78 is 5.79. The van der Waals surface area contributed by atoms with E-state index in [-0.39, 0.29) is 6.10 Å². The molecule has 0 unspecified atom stereocenters. The summed E-state index contributed by atoms with van der Waals surface area (Å²) in [7, 11) is 0. The maximum absolute atomic E-state index is 12.1. The van der Waals surface area contributed by atoms with Crippen LogP contribution in [0.25, 0.3) is 0 Å². The van der Waals surface area contributed by atoms with Gasteiger partial charge in [-0.15, -0.1) is 0 Å². The lowest BCUT2D eigenvalue weighted by molar-refractivity contribution is -0.131. The molecule has 2 N–H and O–H groups in total. The molecule has 1 amide bonds. The predicted molar refractivity (Wildman–Crippen MR) is 83.8 cm³/mol. The molecule has 2 aliphatic rings. The highest BCUT2D eigenvalue weighted by atomic mass is 35.5. The van der Waals surface area contributed by atoms with E-state index in [4.69, 9.17) is 16.3 Å². The average molecular weight is 325 g/mol. The molecule has 6 heteroatoms. The molecule has 2 aliphatic heterocycles. The predicted octanol–water partition coefficient (Wildman–Crippen LogP) is 1.35. The Balaban J connectivity index is 1.51. The van der Waals surface area contributed by atoms with Crippen LogP contribution in [0.3, 0.4) is 0 Å². The van der Waals surface area contributed by atoms with Gasteiger partial charge in [0.15, 0.2) is 6.10 Å². The molecule has 0 aliphatic carbocycles. The number of carbonyl (C=O) groups is 1. The zero-order valence-corrected chi connectivity index (χ0v) is 13.1.